The van der Waals surface area contributed by atoms with Crippen molar-refractivity contribution >= 4 is 28.5 Å². The standard InChI is InChI=1S/C32H39N7O2/c1-20-16-38(28-9-8-21(15-33)29-25(28)7-6-11-34-29)18-24-14-23(19-39(20)24)36(5)30-26(32(2,3)4)13-22-17-37(31(40)41)12-10-27(22)35-30/h6-9,11,13,20,23-24H,10,12,14,16-19H2,1-5H3,(H,40,41)/t20-,23-,24+/m1/s1. The molecule has 5 heterocycles. The van der Waals surface area contributed by atoms with Gasteiger partial charge in [-0.25, -0.2) is 9.78 Å². The van der Waals surface area contributed by atoms with Crippen LogP contribution >= 0.6 is 0 Å². The summed E-state index contributed by atoms with van der Waals surface area (Å²) >= 11 is 0. The van der Waals surface area contributed by atoms with Crippen molar-refractivity contribution in [2.24, 2.45) is 0 Å². The van der Waals surface area contributed by atoms with Gasteiger partial charge in [0.1, 0.15) is 11.9 Å². The maximum atomic E-state index is 11.6. The first-order chi connectivity index (χ1) is 19.5. The molecule has 1 N–H and O–H groups in total. The van der Waals surface area contributed by atoms with Gasteiger partial charge in [0.2, 0.25) is 0 Å². The van der Waals surface area contributed by atoms with E-state index in [1.807, 2.05) is 12.1 Å². The van der Waals surface area contributed by atoms with Gasteiger partial charge in [-0.2, -0.15) is 5.26 Å². The Morgan fingerprint density at radius 1 is 1.20 bits per heavy atom. The molecular formula is C32H39N7O2. The van der Waals surface area contributed by atoms with Crippen LogP contribution in [0.2, 0.25) is 0 Å². The van der Waals surface area contributed by atoms with Gasteiger partial charge in [0.25, 0.3) is 0 Å². The average molecular weight is 554 g/mol. The molecule has 41 heavy (non-hydrogen) atoms. The van der Waals surface area contributed by atoms with Crippen molar-refractivity contribution < 1.29 is 9.90 Å². The molecular weight excluding hydrogens is 514 g/mol. The molecule has 214 valence electrons. The molecule has 2 aromatic heterocycles. The second kappa shape index (κ2) is 10.2. The molecule has 9 heteroatoms. The van der Waals surface area contributed by atoms with Crippen LogP contribution in [-0.2, 0) is 18.4 Å². The number of aromatic nitrogens is 2. The van der Waals surface area contributed by atoms with Gasteiger partial charge in [-0.15, -0.1) is 0 Å². The molecule has 0 spiro atoms. The maximum Gasteiger partial charge on any atom is 0.407 e. The number of carboxylic acid groups (broad SMARTS) is 1. The van der Waals surface area contributed by atoms with E-state index in [1.54, 1.807) is 6.20 Å². The molecule has 1 aromatic carbocycles. The van der Waals surface area contributed by atoms with E-state index in [2.05, 4.69) is 78.7 Å². The number of benzene rings is 1. The van der Waals surface area contributed by atoms with Crippen molar-refractivity contribution in [2.75, 3.05) is 43.0 Å². The average Bonchev–Trinajstić information content (AvgIpc) is 3.39. The van der Waals surface area contributed by atoms with E-state index < -0.39 is 6.09 Å². The van der Waals surface area contributed by atoms with Crippen LogP contribution in [0.1, 0.15) is 56.5 Å². The topological polar surface area (TPSA) is 99.8 Å². The normalized spacial score (nSPS) is 22.8. The molecule has 0 radical (unpaired) electrons. The summed E-state index contributed by atoms with van der Waals surface area (Å²) in [5, 5.41) is 20.2. The molecule has 2 fully saturated rings. The van der Waals surface area contributed by atoms with Crippen molar-refractivity contribution in [2.45, 2.75) is 70.6 Å². The van der Waals surface area contributed by atoms with Gasteiger partial charge >= 0.3 is 6.09 Å². The van der Waals surface area contributed by atoms with Crippen LogP contribution < -0.4 is 9.80 Å². The Morgan fingerprint density at radius 2 is 2.00 bits per heavy atom. The van der Waals surface area contributed by atoms with Crippen LogP contribution in [0.25, 0.3) is 10.9 Å². The summed E-state index contributed by atoms with van der Waals surface area (Å²) in [6.07, 6.45) is 2.57. The molecule has 6 rings (SSSR count). The molecule has 1 amide bonds. The molecule has 3 atom stereocenters. The Bertz CT molecular complexity index is 1540. The number of anilines is 2. The highest BCUT2D eigenvalue weighted by molar-refractivity contribution is 5.95. The number of pyridine rings is 2. The lowest BCUT2D eigenvalue weighted by atomic mass is 9.85. The summed E-state index contributed by atoms with van der Waals surface area (Å²) in [4.78, 5) is 30.4. The summed E-state index contributed by atoms with van der Waals surface area (Å²) in [5.41, 5.74) is 5.62. The third-order valence-corrected chi connectivity index (χ3v) is 9.24. The van der Waals surface area contributed by atoms with E-state index in [9.17, 15) is 15.2 Å². The fraction of sp³-hybridized carbons (Fsp3) is 0.500. The van der Waals surface area contributed by atoms with E-state index >= 15 is 0 Å². The van der Waals surface area contributed by atoms with Crippen LogP contribution in [0, 0.1) is 11.3 Å². The zero-order chi connectivity index (χ0) is 29.1. The summed E-state index contributed by atoms with van der Waals surface area (Å²) in [6, 6.07) is 13.6. The zero-order valence-corrected chi connectivity index (χ0v) is 24.6. The van der Waals surface area contributed by atoms with Crippen LogP contribution in [0.5, 0.6) is 0 Å². The van der Waals surface area contributed by atoms with Crippen molar-refractivity contribution in [3.63, 3.8) is 0 Å². The summed E-state index contributed by atoms with van der Waals surface area (Å²) in [7, 11) is 2.18. The highest BCUT2D eigenvalue weighted by Gasteiger charge is 2.42. The number of likely N-dealkylation sites (N-methyl/N-ethyl adjacent to an activating group) is 1. The fourth-order valence-corrected chi connectivity index (χ4v) is 7.01. The second-order valence-electron chi connectivity index (χ2n) is 12.9. The molecule has 0 saturated carbocycles. The van der Waals surface area contributed by atoms with Crippen molar-refractivity contribution in [3.05, 3.63) is 58.9 Å². The zero-order valence-electron chi connectivity index (χ0n) is 24.6. The Kier molecular flexibility index (Phi) is 6.77. The number of nitriles is 1. The number of rotatable bonds is 3. The monoisotopic (exact) mass is 553 g/mol. The van der Waals surface area contributed by atoms with Crippen LogP contribution in [0.4, 0.5) is 16.3 Å². The highest BCUT2D eigenvalue weighted by atomic mass is 16.4. The van der Waals surface area contributed by atoms with E-state index in [1.165, 1.54) is 10.5 Å². The number of carbonyl (C=O) groups is 1. The lowest BCUT2D eigenvalue weighted by Gasteiger charge is -2.43. The smallest absolute Gasteiger partial charge is 0.407 e. The van der Waals surface area contributed by atoms with Crippen LogP contribution in [0.15, 0.2) is 36.5 Å². The number of fused-ring (bicyclic) bond motifs is 3. The van der Waals surface area contributed by atoms with E-state index in [-0.39, 0.29) is 5.41 Å². The summed E-state index contributed by atoms with van der Waals surface area (Å²) in [5.74, 6) is 1.03. The van der Waals surface area contributed by atoms with Gasteiger partial charge in [0, 0.05) is 86.3 Å². The predicted octanol–water partition coefficient (Wildman–Crippen LogP) is 4.62. The number of amides is 1. The number of hydrogen-bond acceptors (Lipinski definition) is 7. The predicted molar refractivity (Wildman–Crippen MR) is 161 cm³/mol. The van der Waals surface area contributed by atoms with Gasteiger partial charge in [-0.3, -0.25) is 9.88 Å². The molecule has 2 saturated heterocycles. The quantitative estimate of drug-likeness (QED) is 0.502. The lowest BCUT2D eigenvalue weighted by Crippen LogP contribution is -2.55. The number of hydrogen-bond donors (Lipinski definition) is 1. The van der Waals surface area contributed by atoms with Crippen LogP contribution in [0.3, 0.4) is 0 Å². The SMILES string of the molecule is C[C@@H]1CN(c2ccc(C#N)c3ncccc23)C[C@@H]2C[C@@H](N(C)c3nc4c(cc3C(C)(C)C)CN(C(=O)O)CC4)CN21. The third-order valence-electron chi connectivity index (χ3n) is 9.24. The first-order valence-electron chi connectivity index (χ1n) is 14.6. The second-order valence-corrected chi connectivity index (χ2v) is 12.9. The van der Waals surface area contributed by atoms with Crippen molar-refractivity contribution in [1.29, 1.82) is 5.26 Å². The van der Waals surface area contributed by atoms with E-state index in [0.29, 0.717) is 43.2 Å². The van der Waals surface area contributed by atoms with Gasteiger partial charge in [-0.1, -0.05) is 20.8 Å². The molecule has 0 aliphatic carbocycles. The Morgan fingerprint density at radius 3 is 2.73 bits per heavy atom. The molecule has 3 aliphatic heterocycles. The van der Waals surface area contributed by atoms with Gasteiger partial charge in [-0.05, 0) is 54.7 Å². The van der Waals surface area contributed by atoms with Crippen molar-refractivity contribution in [3.8, 4) is 6.07 Å². The lowest BCUT2D eigenvalue weighted by molar-refractivity contribution is 0.139. The maximum absolute atomic E-state index is 11.6. The summed E-state index contributed by atoms with van der Waals surface area (Å²) in [6.45, 7) is 12.7. The number of nitrogens with zero attached hydrogens (tertiary/aromatic N) is 7. The molecule has 3 aromatic rings. The minimum absolute atomic E-state index is 0.127. The first-order valence-corrected chi connectivity index (χ1v) is 14.6. The van der Waals surface area contributed by atoms with Gasteiger partial charge in [0.15, 0.2) is 0 Å². The Hall–Kier alpha value is -3.90. The van der Waals surface area contributed by atoms with E-state index in [4.69, 9.17) is 4.98 Å². The van der Waals surface area contributed by atoms with Gasteiger partial charge in [0.05, 0.1) is 17.6 Å². The Balaban J connectivity index is 1.27. The third kappa shape index (κ3) is 4.84. The largest absolute Gasteiger partial charge is 0.465 e. The Labute approximate surface area is 242 Å². The molecule has 0 bridgehead atoms. The summed E-state index contributed by atoms with van der Waals surface area (Å²) < 4.78 is 0. The molecule has 9 nitrogen and oxygen atoms in total. The minimum Gasteiger partial charge on any atom is -0.465 e. The van der Waals surface area contributed by atoms with E-state index in [0.717, 1.165) is 59.7 Å². The minimum atomic E-state index is -0.870. The molecule has 3 aliphatic rings. The fourth-order valence-electron chi connectivity index (χ4n) is 7.01. The van der Waals surface area contributed by atoms with Gasteiger partial charge < -0.3 is 19.8 Å². The van der Waals surface area contributed by atoms with Crippen LogP contribution in [-0.4, -0.2) is 82.3 Å². The first kappa shape index (κ1) is 27.3. The highest BCUT2D eigenvalue weighted by Crippen LogP contribution is 2.38. The number of piperazine rings is 1. The molecule has 0 unspecified atom stereocenters. The van der Waals surface area contributed by atoms with Crippen molar-refractivity contribution in [1.82, 2.24) is 19.8 Å².